The number of pyridine rings is 1. The SMILES string of the molecule is Nc1cccc2oc(-c3ccc4ncccc4c3)nc12. The molecule has 20 heavy (non-hydrogen) atoms. The van der Waals surface area contributed by atoms with Gasteiger partial charge >= 0.3 is 0 Å². The number of hydrogen-bond donors (Lipinski definition) is 1. The van der Waals surface area contributed by atoms with Crippen molar-refractivity contribution >= 4 is 27.7 Å². The number of nitrogen functional groups attached to an aromatic ring is 1. The Morgan fingerprint density at radius 3 is 2.85 bits per heavy atom. The second-order valence-electron chi connectivity index (χ2n) is 4.62. The maximum atomic E-state index is 5.91. The summed E-state index contributed by atoms with van der Waals surface area (Å²) in [4.78, 5) is 8.78. The van der Waals surface area contributed by atoms with Gasteiger partial charge in [0.05, 0.1) is 11.2 Å². The standard InChI is InChI=1S/C16H11N3O/c17-12-4-1-5-14-15(12)19-16(20-14)11-6-7-13-10(9-11)3-2-8-18-13/h1-9H,17H2. The van der Waals surface area contributed by atoms with E-state index in [1.807, 2.05) is 48.5 Å². The molecule has 4 heteroatoms. The summed E-state index contributed by atoms with van der Waals surface area (Å²) >= 11 is 0. The van der Waals surface area contributed by atoms with Crippen molar-refractivity contribution in [3.05, 3.63) is 54.7 Å². The number of hydrogen-bond acceptors (Lipinski definition) is 4. The van der Waals surface area contributed by atoms with E-state index in [9.17, 15) is 0 Å². The van der Waals surface area contributed by atoms with Crippen molar-refractivity contribution in [1.29, 1.82) is 0 Å². The van der Waals surface area contributed by atoms with E-state index in [0.717, 1.165) is 16.5 Å². The third kappa shape index (κ3) is 1.62. The minimum atomic E-state index is 0.573. The number of oxazole rings is 1. The van der Waals surface area contributed by atoms with Gasteiger partial charge in [0.15, 0.2) is 5.58 Å². The Kier molecular flexibility index (Phi) is 2.23. The van der Waals surface area contributed by atoms with E-state index in [1.54, 1.807) is 6.20 Å². The zero-order valence-electron chi connectivity index (χ0n) is 10.6. The molecular weight excluding hydrogens is 250 g/mol. The van der Waals surface area contributed by atoms with Crippen molar-refractivity contribution in [3.63, 3.8) is 0 Å². The van der Waals surface area contributed by atoms with Crippen LogP contribution in [0, 0.1) is 0 Å². The number of aromatic nitrogens is 2. The van der Waals surface area contributed by atoms with E-state index in [0.29, 0.717) is 22.7 Å². The van der Waals surface area contributed by atoms with Crippen LogP contribution in [0.25, 0.3) is 33.5 Å². The topological polar surface area (TPSA) is 64.9 Å². The molecule has 0 bridgehead atoms. The normalized spacial score (nSPS) is 11.2. The number of para-hydroxylation sites is 1. The lowest BCUT2D eigenvalue weighted by atomic mass is 10.1. The zero-order chi connectivity index (χ0) is 13.5. The lowest BCUT2D eigenvalue weighted by Gasteiger charge is -1.98. The second-order valence-corrected chi connectivity index (χ2v) is 4.62. The molecule has 96 valence electrons. The first-order valence-corrected chi connectivity index (χ1v) is 6.31. The highest BCUT2D eigenvalue weighted by Gasteiger charge is 2.10. The van der Waals surface area contributed by atoms with Crippen LogP contribution in [0.2, 0.25) is 0 Å². The maximum Gasteiger partial charge on any atom is 0.227 e. The molecule has 2 heterocycles. The molecule has 0 aliphatic carbocycles. The molecule has 0 saturated carbocycles. The fraction of sp³-hybridized carbons (Fsp3) is 0. The van der Waals surface area contributed by atoms with Gasteiger partial charge in [-0.2, -0.15) is 0 Å². The van der Waals surface area contributed by atoms with Crippen LogP contribution in [0.15, 0.2) is 59.1 Å². The summed E-state index contributed by atoms with van der Waals surface area (Å²) in [5.74, 6) is 0.573. The molecule has 2 aromatic heterocycles. The van der Waals surface area contributed by atoms with Gasteiger partial charge in [-0.25, -0.2) is 4.98 Å². The summed E-state index contributed by atoms with van der Waals surface area (Å²) in [5, 5.41) is 1.06. The summed E-state index contributed by atoms with van der Waals surface area (Å²) in [6.45, 7) is 0. The van der Waals surface area contributed by atoms with Crippen molar-refractivity contribution in [3.8, 4) is 11.5 Å². The highest BCUT2D eigenvalue weighted by atomic mass is 16.3. The molecular formula is C16H11N3O. The highest BCUT2D eigenvalue weighted by molar-refractivity contribution is 5.88. The van der Waals surface area contributed by atoms with Gasteiger partial charge in [-0.3, -0.25) is 4.98 Å². The molecule has 0 saturated heterocycles. The summed E-state index contributed by atoms with van der Waals surface area (Å²) < 4.78 is 5.77. The van der Waals surface area contributed by atoms with Crippen molar-refractivity contribution in [2.24, 2.45) is 0 Å². The van der Waals surface area contributed by atoms with Gasteiger partial charge in [-0.1, -0.05) is 12.1 Å². The Hall–Kier alpha value is -2.88. The van der Waals surface area contributed by atoms with Gasteiger partial charge in [0.1, 0.15) is 5.52 Å². The zero-order valence-corrected chi connectivity index (χ0v) is 10.6. The van der Waals surface area contributed by atoms with Crippen molar-refractivity contribution in [2.45, 2.75) is 0 Å². The summed E-state index contributed by atoms with van der Waals surface area (Å²) in [6, 6.07) is 15.4. The molecule has 0 radical (unpaired) electrons. The quantitative estimate of drug-likeness (QED) is 0.531. The molecule has 0 spiro atoms. The van der Waals surface area contributed by atoms with Crippen LogP contribution in [0.1, 0.15) is 0 Å². The highest BCUT2D eigenvalue weighted by Crippen LogP contribution is 2.28. The Bertz CT molecular complexity index is 927. The summed E-state index contributed by atoms with van der Waals surface area (Å²) in [6.07, 6.45) is 1.78. The predicted octanol–water partition coefficient (Wildman–Crippen LogP) is 3.63. The van der Waals surface area contributed by atoms with E-state index >= 15 is 0 Å². The van der Waals surface area contributed by atoms with Crippen LogP contribution in [0.5, 0.6) is 0 Å². The van der Waals surface area contributed by atoms with Crippen LogP contribution in [0.3, 0.4) is 0 Å². The lowest BCUT2D eigenvalue weighted by molar-refractivity contribution is 0.620. The van der Waals surface area contributed by atoms with E-state index in [2.05, 4.69) is 9.97 Å². The monoisotopic (exact) mass is 261 g/mol. The molecule has 4 aromatic rings. The number of fused-ring (bicyclic) bond motifs is 2. The number of rotatable bonds is 1. The summed E-state index contributed by atoms with van der Waals surface area (Å²) in [7, 11) is 0. The molecule has 2 aromatic carbocycles. The first-order valence-electron chi connectivity index (χ1n) is 6.31. The van der Waals surface area contributed by atoms with Gasteiger partial charge in [-0.05, 0) is 36.4 Å². The van der Waals surface area contributed by atoms with Gasteiger partial charge in [0.25, 0.3) is 0 Å². The van der Waals surface area contributed by atoms with Gasteiger partial charge in [0, 0.05) is 17.1 Å². The van der Waals surface area contributed by atoms with Gasteiger partial charge < -0.3 is 10.2 Å². The molecule has 0 aliphatic heterocycles. The average Bonchev–Trinajstić information content (AvgIpc) is 2.92. The third-order valence-electron chi connectivity index (χ3n) is 3.30. The molecule has 0 amide bonds. The number of anilines is 1. The minimum Gasteiger partial charge on any atom is -0.436 e. The molecule has 4 nitrogen and oxygen atoms in total. The largest absolute Gasteiger partial charge is 0.436 e. The van der Waals surface area contributed by atoms with Crippen LogP contribution >= 0.6 is 0 Å². The van der Waals surface area contributed by atoms with Gasteiger partial charge in [0.2, 0.25) is 5.89 Å². The van der Waals surface area contributed by atoms with E-state index in [4.69, 9.17) is 10.2 Å². The van der Waals surface area contributed by atoms with E-state index in [-0.39, 0.29) is 0 Å². The van der Waals surface area contributed by atoms with Crippen LogP contribution < -0.4 is 5.73 Å². The first-order chi connectivity index (χ1) is 9.81. The molecule has 4 rings (SSSR count). The lowest BCUT2D eigenvalue weighted by Crippen LogP contribution is -1.85. The third-order valence-corrected chi connectivity index (χ3v) is 3.30. The molecule has 0 fully saturated rings. The molecule has 0 aliphatic rings. The fourth-order valence-electron chi connectivity index (χ4n) is 2.30. The molecule has 0 atom stereocenters. The number of nitrogens with two attached hydrogens (primary N) is 1. The van der Waals surface area contributed by atoms with Crippen LogP contribution in [0.4, 0.5) is 5.69 Å². The second kappa shape index (κ2) is 4.06. The average molecular weight is 261 g/mol. The predicted molar refractivity (Wildman–Crippen MR) is 79.2 cm³/mol. The fourth-order valence-corrected chi connectivity index (χ4v) is 2.30. The van der Waals surface area contributed by atoms with Crippen LogP contribution in [-0.4, -0.2) is 9.97 Å². The number of benzene rings is 2. The Morgan fingerprint density at radius 2 is 1.95 bits per heavy atom. The van der Waals surface area contributed by atoms with Gasteiger partial charge in [-0.15, -0.1) is 0 Å². The van der Waals surface area contributed by atoms with Crippen molar-refractivity contribution in [1.82, 2.24) is 9.97 Å². The first kappa shape index (κ1) is 11.0. The van der Waals surface area contributed by atoms with Crippen LogP contribution in [-0.2, 0) is 0 Å². The Balaban J connectivity index is 1.94. The minimum absolute atomic E-state index is 0.573. The Labute approximate surface area is 114 Å². The van der Waals surface area contributed by atoms with Crippen molar-refractivity contribution in [2.75, 3.05) is 5.73 Å². The maximum absolute atomic E-state index is 5.91. The van der Waals surface area contributed by atoms with E-state index in [1.165, 1.54) is 0 Å². The molecule has 0 unspecified atom stereocenters. The van der Waals surface area contributed by atoms with E-state index < -0.39 is 0 Å². The number of nitrogens with zero attached hydrogens (tertiary/aromatic N) is 2. The smallest absolute Gasteiger partial charge is 0.227 e. The molecule has 2 N–H and O–H groups in total. The van der Waals surface area contributed by atoms with Crippen molar-refractivity contribution < 1.29 is 4.42 Å². The Morgan fingerprint density at radius 1 is 1.00 bits per heavy atom. The summed E-state index contributed by atoms with van der Waals surface area (Å²) in [5.41, 5.74) is 9.80.